The van der Waals surface area contributed by atoms with Crippen molar-refractivity contribution in [1.82, 2.24) is 0 Å². The van der Waals surface area contributed by atoms with Crippen LogP contribution < -0.4 is 0 Å². The molecular weight excluding hydrogens is 519 g/mol. The van der Waals surface area contributed by atoms with E-state index in [0.717, 1.165) is 0 Å². The number of halogens is 1. The topological polar surface area (TPSA) is 0 Å². The Morgan fingerprint density at radius 2 is 0.750 bits per heavy atom. The molecule has 0 heterocycles. The van der Waals surface area contributed by atoms with E-state index in [1.54, 1.807) is 0 Å². The monoisotopic (exact) mass is 576 g/mol. The van der Waals surface area contributed by atoms with Crippen LogP contribution >= 0.6 is 23.6 Å². The fraction of sp³-hybridized carbons (Fsp3) is 0.647. The van der Waals surface area contributed by atoms with Gasteiger partial charge < -0.3 is 0 Å². The molecule has 0 spiro atoms. The first kappa shape index (κ1) is 33.4. The molecule has 0 aliphatic heterocycles. The average Bonchev–Trinajstić information content (AvgIpc) is 2.84. The molecule has 0 N–H and O–H groups in total. The van der Waals surface area contributed by atoms with Crippen molar-refractivity contribution in [2.45, 2.75) is 122 Å². The zero-order valence-electron chi connectivity index (χ0n) is 24.1. The molecule has 0 saturated carbocycles. The van der Waals surface area contributed by atoms with Gasteiger partial charge in [0.1, 0.15) is 0 Å². The van der Waals surface area contributed by atoms with E-state index in [4.69, 9.17) is 0 Å². The summed E-state index contributed by atoms with van der Waals surface area (Å²) in [6.07, 6.45) is 27.1. The van der Waals surface area contributed by atoms with Crippen LogP contribution in [0.15, 0.2) is 60.7 Å². The van der Waals surface area contributed by atoms with Crippen LogP contribution in [0.4, 0.5) is 0 Å². The summed E-state index contributed by atoms with van der Waals surface area (Å²) in [5, 5.41) is 0. The minimum atomic E-state index is -1.83. The molecule has 0 aliphatic rings. The summed E-state index contributed by atoms with van der Waals surface area (Å²) in [5.41, 5.74) is 3.06. The average molecular weight is 578 g/mol. The van der Waals surface area contributed by atoms with Gasteiger partial charge in [0.15, 0.2) is 0 Å². The van der Waals surface area contributed by atoms with E-state index in [1.165, 1.54) is 132 Å². The first-order valence-electron chi connectivity index (χ1n) is 15.1. The Balaban J connectivity index is 0.00000648. The van der Waals surface area contributed by atoms with E-state index in [0.29, 0.717) is 0 Å². The molecule has 0 radical (unpaired) electrons. The second-order valence-electron chi connectivity index (χ2n) is 12.3. The number of benzene rings is 2. The van der Waals surface area contributed by atoms with Gasteiger partial charge in [-0.3, -0.25) is 0 Å². The van der Waals surface area contributed by atoms with Crippen molar-refractivity contribution < 1.29 is 0 Å². The molecule has 2 rings (SSSR count). The Labute approximate surface area is 236 Å². The van der Waals surface area contributed by atoms with Crippen molar-refractivity contribution in [2.75, 3.05) is 19.5 Å². The van der Waals surface area contributed by atoms with Crippen LogP contribution in [0.2, 0.25) is 0 Å². The summed E-state index contributed by atoms with van der Waals surface area (Å²) in [4.78, 5) is 0. The molecule has 2 aromatic rings. The van der Waals surface area contributed by atoms with Crippen molar-refractivity contribution in [3.05, 3.63) is 71.8 Å². The second-order valence-corrected chi connectivity index (χ2v) is 19.4. The van der Waals surface area contributed by atoms with Crippen LogP contribution in [-0.2, 0) is 12.3 Å². The number of hydrogen-bond acceptors (Lipinski definition) is 0. The molecule has 0 bridgehead atoms. The number of hydrogen-bond donors (Lipinski definition) is 0. The molecule has 36 heavy (non-hydrogen) atoms. The fourth-order valence-electron chi connectivity index (χ4n) is 5.83. The van der Waals surface area contributed by atoms with Crippen molar-refractivity contribution in [3.8, 4) is 0 Å². The van der Waals surface area contributed by atoms with Crippen LogP contribution in [-0.4, -0.2) is 19.5 Å². The third-order valence-corrected chi connectivity index (χ3v) is 12.6. The molecule has 0 saturated heterocycles. The molecule has 0 aromatic heterocycles. The van der Waals surface area contributed by atoms with Gasteiger partial charge in [-0.05, 0) is 0 Å². The van der Waals surface area contributed by atoms with E-state index in [1.807, 2.05) is 0 Å². The maximum absolute atomic E-state index is 2.66. The summed E-state index contributed by atoms with van der Waals surface area (Å²) in [6.45, 7) is 5.80. The minimum absolute atomic E-state index is 0. The Morgan fingerprint density at radius 3 is 1.08 bits per heavy atom. The van der Waals surface area contributed by atoms with Crippen LogP contribution in [0, 0.1) is 0 Å². The van der Waals surface area contributed by atoms with Gasteiger partial charge in [-0.15, -0.1) is 17.0 Å². The van der Waals surface area contributed by atoms with E-state index < -0.39 is 6.60 Å². The van der Waals surface area contributed by atoms with Gasteiger partial charge in [0.05, 0.1) is 0 Å². The van der Waals surface area contributed by atoms with Crippen molar-refractivity contribution in [2.24, 2.45) is 0 Å². The zero-order valence-corrected chi connectivity index (χ0v) is 26.7. The van der Waals surface area contributed by atoms with Gasteiger partial charge in [-0.1, -0.05) is 39.0 Å². The standard InChI is InChI=1S/C34H57P.BrH/c1-4-5-6-7-8-9-10-11-12-13-14-15-16-17-18-25-30-35(2,3,31-33-26-21-19-22-27-33)32-34-28-23-20-24-29-34;/h19-24,26-29H,4-18,25,30-32H2,1-3H3;1H. The third kappa shape index (κ3) is 15.6. The molecule has 0 nitrogen and oxygen atoms in total. The van der Waals surface area contributed by atoms with Gasteiger partial charge in [0.2, 0.25) is 0 Å². The summed E-state index contributed by atoms with van der Waals surface area (Å²) < 4.78 is 0. The van der Waals surface area contributed by atoms with Gasteiger partial charge >= 0.3 is 181 Å². The quantitative estimate of drug-likeness (QED) is 0.102. The fourth-order valence-corrected chi connectivity index (χ4v) is 10.5. The van der Waals surface area contributed by atoms with Crippen LogP contribution in [0.5, 0.6) is 0 Å². The first-order valence-corrected chi connectivity index (χ1v) is 18.8. The molecule has 2 heteroatoms. The SMILES string of the molecule is Br.CCCCCCCCCCCCCCCCCCP(C)(C)(Cc1ccccc1)Cc1ccccc1. The molecule has 0 unspecified atom stereocenters. The number of unbranched alkanes of at least 4 members (excludes halogenated alkanes) is 15. The molecule has 0 aliphatic carbocycles. The Kier molecular flexibility index (Phi) is 18.0. The van der Waals surface area contributed by atoms with E-state index in [2.05, 4.69) is 80.9 Å². The van der Waals surface area contributed by atoms with E-state index in [9.17, 15) is 0 Å². The Morgan fingerprint density at radius 1 is 0.444 bits per heavy atom. The zero-order chi connectivity index (χ0) is 25.1. The third-order valence-electron chi connectivity index (χ3n) is 7.91. The van der Waals surface area contributed by atoms with E-state index in [-0.39, 0.29) is 17.0 Å². The predicted octanol–water partition coefficient (Wildman–Crippen LogP) is 12.0. The van der Waals surface area contributed by atoms with E-state index >= 15 is 0 Å². The van der Waals surface area contributed by atoms with Crippen LogP contribution in [0.25, 0.3) is 0 Å². The summed E-state index contributed by atoms with van der Waals surface area (Å²) in [7, 11) is 0. The molecule has 2 aromatic carbocycles. The predicted molar refractivity (Wildman–Crippen MR) is 174 cm³/mol. The first-order chi connectivity index (χ1) is 17.0. The van der Waals surface area contributed by atoms with Crippen LogP contribution in [0.3, 0.4) is 0 Å². The summed E-state index contributed by atoms with van der Waals surface area (Å²) in [5.74, 6) is 0. The van der Waals surface area contributed by atoms with Crippen LogP contribution in [0.1, 0.15) is 121 Å². The van der Waals surface area contributed by atoms with Crippen molar-refractivity contribution >= 4 is 23.6 Å². The summed E-state index contributed by atoms with van der Waals surface area (Å²) in [6, 6.07) is 22.5. The molecule has 0 atom stereocenters. The Hall–Kier alpha value is -0.650. The van der Waals surface area contributed by atoms with Gasteiger partial charge in [-0.25, -0.2) is 0 Å². The summed E-state index contributed by atoms with van der Waals surface area (Å²) >= 11 is 0. The van der Waals surface area contributed by atoms with Gasteiger partial charge in [-0.2, -0.15) is 0 Å². The maximum atomic E-state index is 2.66. The van der Waals surface area contributed by atoms with Crippen molar-refractivity contribution in [3.63, 3.8) is 0 Å². The molecule has 206 valence electrons. The number of rotatable bonds is 21. The molecule has 0 fully saturated rings. The second kappa shape index (κ2) is 19.4. The van der Waals surface area contributed by atoms with Gasteiger partial charge in [0, 0.05) is 0 Å². The normalized spacial score (nSPS) is 12.6. The van der Waals surface area contributed by atoms with Crippen molar-refractivity contribution in [1.29, 1.82) is 0 Å². The molecular formula is C34H58BrP. The molecule has 0 amide bonds. The van der Waals surface area contributed by atoms with Gasteiger partial charge in [0.25, 0.3) is 0 Å². The Bertz CT molecular complexity index is 710.